The standard InChI is InChI=1S/C24H18F3NO3S2/c1-14-10-18(7-8-20(14)31-12-22(29)30)32-13-15-2-9-21-19(11-15)28-23(33-21)16-3-5-17(6-4-16)24(25,26)27/h2-11H,12-13H2,1H3,(H,29,30). The molecule has 0 unspecified atom stereocenters. The summed E-state index contributed by atoms with van der Waals surface area (Å²) < 4.78 is 44.6. The highest BCUT2D eigenvalue weighted by Crippen LogP contribution is 2.35. The van der Waals surface area contributed by atoms with E-state index in [1.807, 2.05) is 37.3 Å². The number of carboxylic acid groups (broad SMARTS) is 1. The number of carbonyl (C=O) groups is 1. The van der Waals surface area contributed by atoms with Gasteiger partial charge in [-0.15, -0.1) is 23.1 Å². The van der Waals surface area contributed by atoms with Crippen LogP contribution in [0.3, 0.4) is 0 Å². The normalized spacial score (nSPS) is 11.6. The Morgan fingerprint density at radius 2 is 1.85 bits per heavy atom. The van der Waals surface area contributed by atoms with Crippen LogP contribution in [0.5, 0.6) is 5.75 Å². The molecule has 0 aliphatic carbocycles. The molecule has 4 aromatic rings. The van der Waals surface area contributed by atoms with E-state index in [0.29, 0.717) is 22.1 Å². The number of alkyl halides is 3. The lowest BCUT2D eigenvalue weighted by Gasteiger charge is -2.09. The molecule has 0 spiro atoms. The van der Waals surface area contributed by atoms with Crippen molar-refractivity contribution in [3.05, 3.63) is 77.4 Å². The Kier molecular flexibility index (Phi) is 6.62. The number of rotatable bonds is 7. The van der Waals surface area contributed by atoms with E-state index in [0.717, 1.165) is 38.4 Å². The molecular formula is C24H18F3NO3S2. The van der Waals surface area contributed by atoms with Crippen molar-refractivity contribution in [2.45, 2.75) is 23.7 Å². The molecule has 1 aromatic heterocycles. The monoisotopic (exact) mass is 489 g/mol. The maximum absolute atomic E-state index is 12.8. The number of benzene rings is 3. The number of fused-ring (bicyclic) bond motifs is 1. The van der Waals surface area contributed by atoms with Gasteiger partial charge in [0.15, 0.2) is 6.61 Å². The predicted octanol–water partition coefficient (Wildman–Crippen LogP) is 7.05. The predicted molar refractivity (Wildman–Crippen MR) is 124 cm³/mol. The summed E-state index contributed by atoms with van der Waals surface area (Å²) in [5.74, 6) is 0.228. The molecule has 4 rings (SSSR count). The van der Waals surface area contributed by atoms with Crippen molar-refractivity contribution in [3.8, 4) is 16.3 Å². The highest BCUT2D eigenvalue weighted by molar-refractivity contribution is 7.98. The zero-order chi connectivity index (χ0) is 23.6. The third-order valence-corrected chi connectivity index (χ3v) is 6.96. The van der Waals surface area contributed by atoms with Crippen molar-refractivity contribution in [1.29, 1.82) is 0 Å². The van der Waals surface area contributed by atoms with Gasteiger partial charge >= 0.3 is 12.1 Å². The number of hydrogen-bond donors (Lipinski definition) is 1. The quantitative estimate of drug-likeness (QED) is 0.282. The van der Waals surface area contributed by atoms with Crippen molar-refractivity contribution in [2.75, 3.05) is 6.61 Å². The molecular weight excluding hydrogens is 471 g/mol. The molecule has 0 saturated carbocycles. The molecule has 0 amide bonds. The second-order valence-corrected chi connectivity index (χ2v) is 9.37. The summed E-state index contributed by atoms with van der Waals surface area (Å²) in [5, 5.41) is 9.41. The molecule has 0 bridgehead atoms. The SMILES string of the molecule is Cc1cc(SCc2ccc3sc(-c4ccc(C(F)(F)F)cc4)nc3c2)ccc1OCC(=O)O. The number of aromatic nitrogens is 1. The number of thiazole rings is 1. The average molecular weight is 490 g/mol. The van der Waals surface area contributed by atoms with Crippen LogP contribution < -0.4 is 4.74 Å². The van der Waals surface area contributed by atoms with Crippen LogP contribution in [0.15, 0.2) is 65.6 Å². The van der Waals surface area contributed by atoms with Crippen LogP contribution in [0, 0.1) is 6.92 Å². The lowest BCUT2D eigenvalue weighted by atomic mass is 10.1. The van der Waals surface area contributed by atoms with Gasteiger partial charge in [0.05, 0.1) is 15.8 Å². The smallest absolute Gasteiger partial charge is 0.416 e. The number of aryl methyl sites for hydroxylation is 1. The molecule has 170 valence electrons. The van der Waals surface area contributed by atoms with Gasteiger partial charge in [-0.3, -0.25) is 0 Å². The maximum Gasteiger partial charge on any atom is 0.416 e. The second kappa shape index (κ2) is 9.44. The minimum Gasteiger partial charge on any atom is -0.482 e. The molecule has 0 saturated heterocycles. The summed E-state index contributed by atoms with van der Waals surface area (Å²) in [7, 11) is 0. The fraction of sp³-hybridized carbons (Fsp3) is 0.167. The number of carboxylic acids is 1. The van der Waals surface area contributed by atoms with E-state index in [1.165, 1.54) is 23.5 Å². The molecule has 0 radical (unpaired) electrons. The van der Waals surface area contributed by atoms with Gasteiger partial charge in [-0.2, -0.15) is 13.2 Å². The second-order valence-electron chi connectivity index (χ2n) is 7.29. The molecule has 0 aliphatic rings. The van der Waals surface area contributed by atoms with Crippen molar-refractivity contribution in [1.82, 2.24) is 4.98 Å². The van der Waals surface area contributed by atoms with E-state index in [2.05, 4.69) is 4.98 Å². The van der Waals surface area contributed by atoms with E-state index < -0.39 is 17.7 Å². The van der Waals surface area contributed by atoms with Crippen molar-refractivity contribution < 1.29 is 27.8 Å². The van der Waals surface area contributed by atoms with E-state index in [4.69, 9.17) is 9.84 Å². The van der Waals surface area contributed by atoms with Crippen LogP contribution in [0.25, 0.3) is 20.8 Å². The van der Waals surface area contributed by atoms with Gasteiger partial charge in [-0.05, 0) is 60.5 Å². The minimum atomic E-state index is -4.36. The van der Waals surface area contributed by atoms with Gasteiger partial charge in [0.25, 0.3) is 0 Å². The topological polar surface area (TPSA) is 59.4 Å². The first-order chi connectivity index (χ1) is 15.7. The summed E-state index contributed by atoms with van der Waals surface area (Å²) in [6.45, 7) is 1.49. The number of halogens is 3. The van der Waals surface area contributed by atoms with Crippen LogP contribution in [-0.4, -0.2) is 22.7 Å². The molecule has 33 heavy (non-hydrogen) atoms. The molecule has 1 heterocycles. The fourth-order valence-electron chi connectivity index (χ4n) is 3.17. The van der Waals surface area contributed by atoms with Crippen molar-refractivity contribution >= 4 is 39.3 Å². The van der Waals surface area contributed by atoms with E-state index >= 15 is 0 Å². The summed E-state index contributed by atoms with van der Waals surface area (Å²) in [4.78, 5) is 16.3. The molecule has 0 fully saturated rings. The molecule has 4 nitrogen and oxygen atoms in total. The highest BCUT2D eigenvalue weighted by atomic mass is 32.2. The first kappa shape index (κ1) is 23.1. The first-order valence-corrected chi connectivity index (χ1v) is 11.6. The summed E-state index contributed by atoms with van der Waals surface area (Å²) in [6.07, 6.45) is -4.36. The van der Waals surface area contributed by atoms with Crippen molar-refractivity contribution in [2.24, 2.45) is 0 Å². The number of aliphatic carboxylic acids is 1. The number of hydrogen-bond acceptors (Lipinski definition) is 5. The van der Waals surface area contributed by atoms with Gasteiger partial charge in [-0.25, -0.2) is 9.78 Å². The Bertz CT molecular complexity index is 1300. The summed E-state index contributed by atoms with van der Waals surface area (Å²) >= 11 is 3.08. The van der Waals surface area contributed by atoms with Crippen molar-refractivity contribution in [3.63, 3.8) is 0 Å². The van der Waals surface area contributed by atoms with E-state index in [1.54, 1.807) is 17.8 Å². The van der Waals surface area contributed by atoms with Gasteiger partial charge in [0.1, 0.15) is 10.8 Å². The van der Waals surface area contributed by atoms with Gasteiger partial charge < -0.3 is 9.84 Å². The third-order valence-electron chi connectivity index (χ3n) is 4.81. The fourth-order valence-corrected chi connectivity index (χ4v) is 5.06. The summed E-state index contributed by atoms with van der Waals surface area (Å²) in [6, 6.07) is 16.6. The van der Waals surface area contributed by atoms with Crippen LogP contribution in [0.1, 0.15) is 16.7 Å². The molecule has 0 atom stereocenters. The molecule has 1 N–H and O–H groups in total. The zero-order valence-corrected chi connectivity index (χ0v) is 19.0. The molecule has 3 aromatic carbocycles. The Morgan fingerprint density at radius 1 is 1.09 bits per heavy atom. The number of ether oxygens (including phenoxy) is 1. The Hall–Kier alpha value is -3.04. The first-order valence-electron chi connectivity index (χ1n) is 9.84. The van der Waals surface area contributed by atoms with Crippen LogP contribution in [0.2, 0.25) is 0 Å². The van der Waals surface area contributed by atoms with E-state index in [9.17, 15) is 18.0 Å². The van der Waals surface area contributed by atoms with Crippen LogP contribution >= 0.6 is 23.1 Å². The highest BCUT2D eigenvalue weighted by Gasteiger charge is 2.30. The Balaban J connectivity index is 1.45. The van der Waals surface area contributed by atoms with Gasteiger partial charge in [-0.1, -0.05) is 18.2 Å². The van der Waals surface area contributed by atoms with Crippen LogP contribution in [-0.2, 0) is 16.7 Å². The minimum absolute atomic E-state index is 0.380. The summed E-state index contributed by atoms with van der Waals surface area (Å²) in [5.41, 5.74) is 2.71. The van der Waals surface area contributed by atoms with Gasteiger partial charge in [0, 0.05) is 16.2 Å². The third kappa shape index (κ3) is 5.66. The lowest BCUT2D eigenvalue weighted by Crippen LogP contribution is -2.09. The molecule has 0 aliphatic heterocycles. The van der Waals surface area contributed by atoms with Gasteiger partial charge in [0.2, 0.25) is 0 Å². The molecule has 9 heteroatoms. The largest absolute Gasteiger partial charge is 0.482 e. The maximum atomic E-state index is 12.8. The lowest BCUT2D eigenvalue weighted by molar-refractivity contribution is -0.139. The van der Waals surface area contributed by atoms with E-state index in [-0.39, 0.29) is 6.61 Å². The Labute approximate surface area is 196 Å². The Morgan fingerprint density at radius 3 is 2.52 bits per heavy atom. The number of nitrogens with zero attached hydrogens (tertiary/aromatic N) is 1. The number of thioether (sulfide) groups is 1. The average Bonchev–Trinajstić information content (AvgIpc) is 3.20. The van der Waals surface area contributed by atoms with Crippen LogP contribution in [0.4, 0.5) is 13.2 Å². The zero-order valence-electron chi connectivity index (χ0n) is 17.3.